The molecule has 11 heavy (non-hydrogen) atoms. The van der Waals surface area contributed by atoms with Gasteiger partial charge in [-0.05, 0) is 26.3 Å². The number of hydrogen-bond acceptors (Lipinski definition) is 0. The second kappa shape index (κ2) is 5.72. The van der Waals surface area contributed by atoms with E-state index in [4.69, 9.17) is 0 Å². The summed E-state index contributed by atoms with van der Waals surface area (Å²) in [6.45, 7) is 9.83. The molecule has 0 rings (SSSR count). The average Bonchev–Trinajstić information content (AvgIpc) is 1.87. The highest BCUT2D eigenvalue weighted by atomic mass is 13.9. The van der Waals surface area contributed by atoms with E-state index < -0.39 is 0 Å². The quantitative estimate of drug-likeness (QED) is 0.536. The van der Waals surface area contributed by atoms with E-state index in [1.54, 1.807) is 0 Å². The zero-order chi connectivity index (χ0) is 8.69. The van der Waals surface area contributed by atoms with Crippen molar-refractivity contribution in [2.75, 3.05) is 0 Å². The van der Waals surface area contributed by atoms with Crippen LogP contribution in [0.5, 0.6) is 0 Å². The summed E-state index contributed by atoms with van der Waals surface area (Å²) in [4.78, 5) is 0. The van der Waals surface area contributed by atoms with Crippen LogP contribution in [0.1, 0.15) is 20.8 Å². The highest BCUT2D eigenvalue weighted by molar-refractivity contribution is 5.35. The molecule has 0 radical (unpaired) electrons. The van der Waals surface area contributed by atoms with Crippen LogP contribution in [0.15, 0.2) is 48.1 Å². The van der Waals surface area contributed by atoms with Crippen LogP contribution in [-0.4, -0.2) is 0 Å². The lowest BCUT2D eigenvalue weighted by atomic mass is 10.1. The van der Waals surface area contributed by atoms with E-state index in [0.717, 1.165) is 5.57 Å². The second-order valence-electron chi connectivity index (χ2n) is 2.49. The van der Waals surface area contributed by atoms with Crippen molar-refractivity contribution < 1.29 is 0 Å². The summed E-state index contributed by atoms with van der Waals surface area (Å²) in [5.41, 5.74) is 2.28. The Hall–Kier alpha value is -1.04. The minimum Gasteiger partial charge on any atom is -0.0961 e. The maximum atomic E-state index is 3.82. The number of rotatable bonds is 3. The molecule has 0 unspecified atom stereocenters. The third-order valence-electron chi connectivity index (χ3n) is 1.13. The van der Waals surface area contributed by atoms with Gasteiger partial charge in [0.25, 0.3) is 0 Å². The summed E-state index contributed by atoms with van der Waals surface area (Å²) in [6.07, 6.45) is 10.2. The lowest BCUT2D eigenvalue weighted by Crippen LogP contribution is -1.72. The lowest BCUT2D eigenvalue weighted by Gasteiger charge is -1.92. The van der Waals surface area contributed by atoms with E-state index in [1.165, 1.54) is 5.57 Å². The molecule has 0 aliphatic heterocycles. The fraction of sp³-hybridized carbons (Fsp3) is 0.273. The molecule has 60 valence electrons. The Morgan fingerprint density at radius 2 is 1.55 bits per heavy atom. The smallest absolute Gasteiger partial charge is 0.0261 e. The third kappa shape index (κ3) is 5.41. The van der Waals surface area contributed by atoms with Gasteiger partial charge in [0.1, 0.15) is 0 Å². The Morgan fingerprint density at radius 3 is 1.82 bits per heavy atom. The van der Waals surface area contributed by atoms with Gasteiger partial charge < -0.3 is 0 Å². The van der Waals surface area contributed by atoms with Gasteiger partial charge in [-0.1, -0.05) is 42.5 Å². The molecule has 0 fully saturated rings. The van der Waals surface area contributed by atoms with E-state index in [9.17, 15) is 0 Å². The van der Waals surface area contributed by atoms with Crippen LogP contribution in [-0.2, 0) is 0 Å². The average molecular weight is 148 g/mol. The van der Waals surface area contributed by atoms with Gasteiger partial charge in [0.2, 0.25) is 0 Å². The van der Waals surface area contributed by atoms with Crippen LogP contribution in [0.2, 0.25) is 0 Å². The monoisotopic (exact) mass is 148 g/mol. The Balaban J connectivity index is 4.45. The highest BCUT2D eigenvalue weighted by Gasteiger charge is 1.83. The molecule has 0 heteroatoms. The predicted octanol–water partition coefficient (Wildman–Crippen LogP) is 3.64. The van der Waals surface area contributed by atoms with Crippen LogP contribution in [0.25, 0.3) is 0 Å². The zero-order valence-electron chi connectivity index (χ0n) is 7.59. The van der Waals surface area contributed by atoms with Gasteiger partial charge in [0.15, 0.2) is 0 Å². The molecule has 0 nitrogen and oxygen atoms in total. The summed E-state index contributed by atoms with van der Waals surface area (Å²) in [5.74, 6) is 0. The Bertz CT molecular complexity index is 188. The molecule has 0 amide bonds. The molecule has 0 aliphatic rings. The van der Waals surface area contributed by atoms with E-state index in [2.05, 4.69) is 24.8 Å². The molecule has 0 aromatic heterocycles. The molecule has 0 spiro atoms. The molecule has 0 atom stereocenters. The summed E-state index contributed by atoms with van der Waals surface area (Å²) >= 11 is 0. The summed E-state index contributed by atoms with van der Waals surface area (Å²) in [5, 5.41) is 0. The lowest BCUT2D eigenvalue weighted by molar-refractivity contribution is 1.50. The zero-order valence-corrected chi connectivity index (χ0v) is 7.59. The maximum absolute atomic E-state index is 3.82. The first kappa shape index (κ1) is 9.96. The Kier molecular flexibility index (Phi) is 5.18. The fourth-order valence-corrected chi connectivity index (χ4v) is 0.821. The normalized spacial score (nSPS) is 10.8. The van der Waals surface area contributed by atoms with Gasteiger partial charge in [-0.15, -0.1) is 0 Å². The van der Waals surface area contributed by atoms with Crippen molar-refractivity contribution in [2.24, 2.45) is 0 Å². The second-order valence-corrected chi connectivity index (χ2v) is 2.49. The molecule has 0 saturated carbocycles. The molecule has 0 saturated heterocycles. The van der Waals surface area contributed by atoms with Crippen LogP contribution in [0.3, 0.4) is 0 Å². The minimum atomic E-state index is 1.08. The van der Waals surface area contributed by atoms with Gasteiger partial charge in [-0.25, -0.2) is 0 Å². The molecule has 0 bridgehead atoms. The molecular formula is C11H16. The SMILES string of the molecule is C=C(C)C=C(/C=C/C)/C=C/C. The Morgan fingerprint density at radius 1 is 1.09 bits per heavy atom. The van der Waals surface area contributed by atoms with Crippen molar-refractivity contribution in [3.8, 4) is 0 Å². The van der Waals surface area contributed by atoms with Crippen LogP contribution in [0, 0.1) is 0 Å². The van der Waals surface area contributed by atoms with Gasteiger partial charge >= 0.3 is 0 Å². The van der Waals surface area contributed by atoms with E-state index in [1.807, 2.05) is 32.9 Å². The molecule has 0 aliphatic carbocycles. The van der Waals surface area contributed by atoms with Crippen LogP contribution < -0.4 is 0 Å². The summed E-state index contributed by atoms with van der Waals surface area (Å²) in [7, 11) is 0. The molecule has 0 aromatic carbocycles. The fourth-order valence-electron chi connectivity index (χ4n) is 0.821. The summed E-state index contributed by atoms with van der Waals surface area (Å²) in [6, 6.07) is 0. The van der Waals surface area contributed by atoms with Gasteiger partial charge in [-0.3, -0.25) is 0 Å². The molecule has 0 aromatic rings. The minimum absolute atomic E-state index is 1.08. The van der Waals surface area contributed by atoms with E-state index >= 15 is 0 Å². The first-order valence-electron chi connectivity index (χ1n) is 3.83. The summed E-state index contributed by atoms with van der Waals surface area (Å²) < 4.78 is 0. The number of allylic oxidation sites excluding steroid dienone is 7. The number of hydrogen-bond donors (Lipinski definition) is 0. The largest absolute Gasteiger partial charge is 0.0961 e. The van der Waals surface area contributed by atoms with E-state index in [0.29, 0.717) is 0 Å². The van der Waals surface area contributed by atoms with Gasteiger partial charge in [0, 0.05) is 0 Å². The third-order valence-corrected chi connectivity index (χ3v) is 1.13. The van der Waals surface area contributed by atoms with Crippen molar-refractivity contribution in [1.29, 1.82) is 0 Å². The predicted molar refractivity (Wildman–Crippen MR) is 52.5 cm³/mol. The maximum Gasteiger partial charge on any atom is -0.0261 e. The van der Waals surface area contributed by atoms with Crippen molar-refractivity contribution in [1.82, 2.24) is 0 Å². The topological polar surface area (TPSA) is 0 Å². The van der Waals surface area contributed by atoms with Gasteiger partial charge in [-0.2, -0.15) is 0 Å². The van der Waals surface area contributed by atoms with Crippen LogP contribution >= 0.6 is 0 Å². The standard InChI is InChI=1S/C11H16/c1-5-7-11(8-6-2)9-10(3)4/h5-9H,3H2,1-2,4H3/b7-5+,8-6+. The van der Waals surface area contributed by atoms with Gasteiger partial charge in [0.05, 0.1) is 0 Å². The van der Waals surface area contributed by atoms with Crippen molar-refractivity contribution in [2.45, 2.75) is 20.8 Å². The van der Waals surface area contributed by atoms with Crippen LogP contribution in [0.4, 0.5) is 0 Å². The molecular weight excluding hydrogens is 132 g/mol. The first-order valence-corrected chi connectivity index (χ1v) is 3.83. The van der Waals surface area contributed by atoms with Crippen molar-refractivity contribution >= 4 is 0 Å². The molecule has 0 N–H and O–H groups in total. The van der Waals surface area contributed by atoms with E-state index in [-0.39, 0.29) is 0 Å². The first-order chi connectivity index (χ1) is 5.20. The van der Waals surface area contributed by atoms with Crippen molar-refractivity contribution in [3.05, 3.63) is 48.1 Å². The highest BCUT2D eigenvalue weighted by Crippen LogP contribution is 2.03. The van der Waals surface area contributed by atoms with Crippen molar-refractivity contribution in [3.63, 3.8) is 0 Å². The Labute approximate surface area is 69.6 Å². The molecule has 0 heterocycles.